The lowest BCUT2D eigenvalue weighted by Gasteiger charge is -2.40. The van der Waals surface area contributed by atoms with Crippen molar-refractivity contribution in [1.29, 1.82) is 0 Å². The molecule has 0 aliphatic carbocycles. The van der Waals surface area contributed by atoms with Crippen molar-refractivity contribution in [2.45, 2.75) is 45.7 Å². The molecule has 0 spiro atoms. The molecule has 0 saturated carbocycles. The molecule has 0 radical (unpaired) electrons. The minimum atomic E-state index is 0.462. The first-order valence-corrected chi connectivity index (χ1v) is 6.55. The Morgan fingerprint density at radius 3 is 2.06 bits per heavy atom. The molecular formula is C15H23NO. The van der Waals surface area contributed by atoms with Crippen LogP contribution in [-0.4, -0.2) is 25.3 Å². The molecule has 0 bridgehead atoms. The number of hydrogen-bond acceptors (Lipinski definition) is 2. The second kappa shape index (κ2) is 5.09. The molecule has 94 valence electrons. The fraction of sp³-hybridized carbons (Fsp3) is 0.600. The Morgan fingerprint density at radius 1 is 1.06 bits per heavy atom. The van der Waals surface area contributed by atoms with Crippen LogP contribution < -0.4 is 4.90 Å². The lowest BCUT2D eigenvalue weighted by atomic mass is 10.0. The molecule has 2 rings (SSSR count). The van der Waals surface area contributed by atoms with E-state index in [2.05, 4.69) is 56.9 Å². The van der Waals surface area contributed by atoms with Crippen molar-refractivity contribution in [3.05, 3.63) is 29.8 Å². The number of morpholine rings is 1. The van der Waals surface area contributed by atoms with Crippen LogP contribution in [0.25, 0.3) is 0 Å². The molecule has 0 unspecified atom stereocenters. The monoisotopic (exact) mass is 233 g/mol. The summed E-state index contributed by atoms with van der Waals surface area (Å²) in [6.07, 6.45) is 0. The third-order valence-electron chi connectivity index (χ3n) is 3.53. The lowest BCUT2D eigenvalue weighted by Crippen LogP contribution is -2.49. The van der Waals surface area contributed by atoms with Gasteiger partial charge in [0.15, 0.2) is 0 Å². The lowest BCUT2D eigenvalue weighted by molar-refractivity contribution is 0.0757. The number of hydrogen-bond donors (Lipinski definition) is 0. The van der Waals surface area contributed by atoms with Crippen molar-refractivity contribution in [3.8, 4) is 0 Å². The van der Waals surface area contributed by atoms with Gasteiger partial charge in [-0.05, 0) is 37.5 Å². The van der Waals surface area contributed by atoms with Crippen LogP contribution in [0.15, 0.2) is 24.3 Å². The van der Waals surface area contributed by atoms with Crippen molar-refractivity contribution in [2.24, 2.45) is 0 Å². The van der Waals surface area contributed by atoms with Crippen LogP contribution in [0.3, 0.4) is 0 Å². The van der Waals surface area contributed by atoms with Gasteiger partial charge in [0.2, 0.25) is 0 Å². The van der Waals surface area contributed by atoms with Gasteiger partial charge in [-0.3, -0.25) is 0 Å². The highest BCUT2D eigenvalue weighted by molar-refractivity contribution is 5.50. The van der Waals surface area contributed by atoms with E-state index in [-0.39, 0.29) is 0 Å². The Balaban J connectivity index is 2.20. The standard InChI is InChI=1S/C15H23NO/c1-11(2)14-5-7-15(8-6-14)16-12(3)9-17-10-13(16)4/h5-8,11-13H,9-10H2,1-4H3/t12-,13-/m0/s1. The van der Waals surface area contributed by atoms with E-state index in [1.54, 1.807) is 0 Å². The van der Waals surface area contributed by atoms with Gasteiger partial charge in [0.25, 0.3) is 0 Å². The maximum atomic E-state index is 5.57. The van der Waals surface area contributed by atoms with Crippen LogP contribution in [0.1, 0.15) is 39.2 Å². The maximum Gasteiger partial charge on any atom is 0.0668 e. The second-order valence-electron chi connectivity index (χ2n) is 5.39. The number of rotatable bonds is 2. The largest absolute Gasteiger partial charge is 0.377 e. The molecule has 0 aromatic heterocycles. The number of benzene rings is 1. The highest BCUT2D eigenvalue weighted by Crippen LogP contribution is 2.25. The van der Waals surface area contributed by atoms with E-state index in [9.17, 15) is 0 Å². The Bertz CT molecular complexity index is 348. The molecule has 1 aromatic rings. The van der Waals surface area contributed by atoms with E-state index >= 15 is 0 Å². The fourth-order valence-corrected chi connectivity index (χ4v) is 2.54. The van der Waals surface area contributed by atoms with Crippen molar-refractivity contribution < 1.29 is 4.74 Å². The zero-order valence-corrected chi connectivity index (χ0v) is 11.3. The van der Waals surface area contributed by atoms with Gasteiger partial charge >= 0.3 is 0 Å². The molecule has 1 fully saturated rings. The van der Waals surface area contributed by atoms with Gasteiger partial charge in [-0.1, -0.05) is 26.0 Å². The number of ether oxygens (including phenoxy) is 1. The van der Waals surface area contributed by atoms with Crippen LogP contribution in [0, 0.1) is 0 Å². The minimum absolute atomic E-state index is 0.462. The molecule has 1 aliphatic heterocycles. The van der Waals surface area contributed by atoms with E-state index < -0.39 is 0 Å². The zero-order chi connectivity index (χ0) is 12.4. The van der Waals surface area contributed by atoms with E-state index in [4.69, 9.17) is 4.74 Å². The van der Waals surface area contributed by atoms with Gasteiger partial charge in [-0.15, -0.1) is 0 Å². The van der Waals surface area contributed by atoms with Gasteiger partial charge in [-0.25, -0.2) is 0 Å². The quantitative estimate of drug-likeness (QED) is 0.776. The smallest absolute Gasteiger partial charge is 0.0668 e. The summed E-state index contributed by atoms with van der Waals surface area (Å²) >= 11 is 0. The number of nitrogens with zero attached hydrogens (tertiary/aromatic N) is 1. The van der Waals surface area contributed by atoms with Crippen molar-refractivity contribution in [1.82, 2.24) is 0 Å². The summed E-state index contributed by atoms with van der Waals surface area (Å²) in [5.41, 5.74) is 2.72. The van der Waals surface area contributed by atoms with Crippen LogP contribution >= 0.6 is 0 Å². The normalized spacial score (nSPS) is 25.4. The van der Waals surface area contributed by atoms with Gasteiger partial charge < -0.3 is 9.64 Å². The summed E-state index contributed by atoms with van der Waals surface area (Å²) in [5.74, 6) is 0.601. The second-order valence-corrected chi connectivity index (χ2v) is 5.39. The maximum absolute atomic E-state index is 5.57. The summed E-state index contributed by atoms with van der Waals surface area (Å²) in [5, 5.41) is 0. The van der Waals surface area contributed by atoms with Crippen molar-refractivity contribution in [3.63, 3.8) is 0 Å². The van der Waals surface area contributed by atoms with Gasteiger partial charge in [0.1, 0.15) is 0 Å². The summed E-state index contributed by atoms with van der Waals surface area (Å²) in [7, 11) is 0. The van der Waals surface area contributed by atoms with E-state index in [0.717, 1.165) is 13.2 Å². The predicted octanol–water partition coefficient (Wildman–Crippen LogP) is 3.42. The SMILES string of the molecule is CC(C)c1ccc(N2[C@@H](C)COC[C@@H]2C)cc1. The minimum Gasteiger partial charge on any atom is -0.377 e. The van der Waals surface area contributed by atoms with Gasteiger partial charge in [0, 0.05) is 17.8 Å². The van der Waals surface area contributed by atoms with Gasteiger partial charge in [0.05, 0.1) is 13.2 Å². The highest BCUT2D eigenvalue weighted by atomic mass is 16.5. The summed E-state index contributed by atoms with van der Waals surface area (Å²) in [4.78, 5) is 2.47. The van der Waals surface area contributed by atoms with Crippen molar-refractivity contribution in [2.75, 3.05) is 18.1 Å². The third kappa shape index (κ3) is 2.63. The molecule has 1 heterocycles. The first-order chi connectivity index (χ1) is 8.09. The Kier molecular flexibility index (Phi) is 3.72. The van der Waals surface area contributed by atoms with E-state index in [1.165, 1.54) is 11.3 Å². The first kappa shape index (κ1) is 12.4. The molecule has 2 atom stereocenters. The van der Waals surface area contributed by atoms with Crippen LogP contribution in [0.5, 0.6) is 0 Å². The van der Waals surface area contributed by atoms with Crippen LogP contribution in [-0.2, 0) is 4.74 Å². The molecule has 17 heavy (non-hydrogen) atoms. The molecule has 1 saturated heterocycles. The van der Waals surface area contributed by atoms with E-state index in [1.807, 2.05) is 0 Å². The topological polar surface area (TPSA) is 12.5 Å². The molecule has 1 aliphatic rings. The Labute approximate surface area is 105 Å². The molecular weight excluding hydrogens is 210 g/mol. The zero-order valence-electron chi connectivity index (χ0n) is 11.3. The van der Waals surface area contributed by atoms with Crippen molar-refractivity contribution >= 4 is 5.69 Å². The average Bonchev–Trinajstić information content (AvgIpc) is 2.29. The average molecular weight is 233 g/mol. The Morgan fingerprint density at radius 2 is 1.59 bits per heavy atom. The van der Waals surface area contributed by atoms with Crippen LogP contribution in [0.4, 0.5) is 5.69 Å². The summed E-state index contributed by atoms with van der Waals surface area (Å²) in [6.45, 7) is 10.6. The molecule has 1 aromatic carbocycles. The molecule has 0 N–H and O–H groups in total. The Hall–Kier alpha value is -1.02. The fourth-order valence-electron chi connectivity index (χ4n) is 2.54. The first-order valence-electron chi connectivity index (χ1n) is 6.55. The summed E-state index contributed by atoms with van der Waals surface area (Å²) < 4.78 is 5.57. The predicted molar refractivity (Wildman–Crippen MR) is 72.8 cm³/mol. The highest BCUT2D eigenvalue weighted by Gasteiger charge is 2.25. The molecule has 2 nitrogen and oxygen atoms in total. The third-order valence-corrected chi connectivity index (χ3v) is 3.53. The number of anilines is 1. The molecule has 2 heteroatoms. The van der Waals surface area contributed by atoms with Crippen LogP contribution in [0.2, 0.25) is 0 Å². The van der Waals surface area contributed by atoms with Gasteiger partial charge in [-0.2, -0.15) is 0 Å². The molecule has 0 amide bonds. The van der Waals surface area contributed by atoms with E-state index in [0.29, 0.717) is 18.0 Å². The summed E-state index contributed by atoms with van der Waals surface area (Å²) in [6, 6.07) is 9.90.